The Bertz CT molecular complexity index is 1710. The molecule has 10 heteroatoms. The van der Waals surface area contributed by atoms with Gasteiger partial charge in [0.25, 0.3) is 11.5 Å². The fourth-order valence-electron chi connectivity index (χ4n) is 5.61. The normalized spacial score (nSPS) is 15.0. The summed E-state index contributed by atoms with van der Waals surface area (Å²) < 4.78 is 11.9. The third kappa shape index (κ3) is 4.62. The van der Waals surface area contributed by atoms with Gasteiger partial charge in [-0.05, 0) is 42.5 Å². The van der Waals surface area contributed by atoms with Crippen molar-refractivity contribution in [1.82, 2.24) is 24.9 Å². The molecule has 1 saturated carbocycles. The number of ether oxygens (including phenoxy) is 1. The highest BCUT2D eigenvalue weighted by atomic mass is 16.5. The first-order valence-corrected chi connectivity index (χ1v) is 13.2. The molecule has 1 fully saturated rings. The Morgan fingerprint density at radius 1 is 1.18 bits per heavy atom. The molecule has 5 aromatic rings. The van der Waals surface area contributed by atoms with Crippen LogP contribution in [-0.4, -0.2) is 44.6 Å². The number of hydrogen-bond acceptors (Lipinski definition) is 6. The number of H-pyrrole nitrogens is 2. The average Bonchev–Trinajstić information content (AvgIpc) is 3.73. The lowest BCUT2D eigenvalue weighted by molar-refractivity contribution is -0.142. The van der Waals surface area contributed by atoms with Gasteiger partial charge in [0, 0.05) is 29.6 Å². The fraction of sp³-hybridized carbons (Fsp3) is 0.310. The minimum absolute atomic E-state index is 0.0659. The first-order chi connectivity index (χ1) is 19.0. The Morgan fingerprint density at radius 3 is 2.77 bits per heavy atom. The second kappa shape index (κ2) is 10.3. The third-order valence-corrected chi connectivity index (χ3v) is 7.55. The van der Waals surface area contributed by atoms with Crippen molar-refractivity contribution in [3.05, 3.63) is 82.1 Å². The summed E-state index contributed by atoms with van der Waals surface area (Å²) in [5.74, 6) is -0.531. The summed E-state index contributed by atoms with van der Waals surface area (Å²) in [6.07, 6.45) is 8.66. The van der Waals surface area contributed by atoms with Gasteiger partial charge in [-0.15, -0.1) is 0 Å². The number of rotatable bonds is 7. The minimum Gasteiger partial charge on any atom is -0.467 e. The molecular formula is C29H29N5O5. The van der Waals surface area contributed by atoms with Gasteiger partial charge < -0.3 is 19.5 Å². The molecule has 200 valence electrons. The van der Waals surface area contributed by atoms with Crippen LogP contribution in [-0.2, 0) is 16.0 Å². The van der Waals surface area contributed by atoms with Crippen LogP contribution < -0.4 is 10.9 Å². The molecule has 0 bridgehead atoms. The molecule has 0 aliphatic heterocycles. The number of esters is 1. The van der Waals surface area contributed by atoms with Crippen LogP contribution in [0.3, 0.4) is 0 Å². The Kier molecular flexibility index (Phi) is 6.52. The first-order valence-electron chi connectivity index (χ1n) is 13.2. The Morgan fingerprint density at radius 2 is 2.00 bits per heavy atom. The molecule has 1 unspecified atom stereocenters. The van der Waals surface area contributed by atoms with E-state index in [1.54, 1.807) is 18.4 Å². The van der Waals surface area contributed by atoms with Gasteiger partial charge in [0.1, 0.15) is 17.4 Å². The zero-order valence-corrected chi connectivity index (χ0v) is 21.5. The molecular weight excluding hydrogens is 498 g/mol. The van der Waals surface area contributed by atoms with Crippen molar-refractivity contribution in [2.24, 2.45) is 0 Å². The van der Waals surface area contributed by atoms with E-state index in [0.29, 0.717) is 22.7 Å². The number of nitrogens with zero attached hydrogens (tertiary/aromatic N) is 2. The van der Waals surface area contributed by atoms with Crippen molar-refractivity contribution in [3.63, 3.8) is 0 Å². The van der Waals surface area contributed by atoms with Gasteiger partial charge in [0.2, 0.25) is 0 Å². The molecule has 0 radical (unpaired) electrons. The number of furan rings is 1. The Labute approximate surface area is 223 Å². The van der Waals surface area contributed by atoms with E-state index in [9.17, 15) is 14.4 Å². The predicted octanol–water partition coefficient (Wildman–Crippen LogP) is 4.33. The molecule has 0 spiro atoms. The van der Waals surface area contributed by atoms with Gasteiger partial charge in [-0.2, -0.15) is 0 Å². The predicted molar refractivity (Wildman–Crippen MR) is 145 cm³/mol. The van der Waals surface area contributed by atoms with Gasteiger partial charge in [0.05, 0.1) is 18.9 Å². The number of methoxy groups -OCH3 is 1. The maximum absolute atomic E-state index is 13.7. The average molecular weight is 528 g/mol. The first kappa shape index (κ1) is 24.7. The Balaban J connectivity index is 1.34. The van der Waals surface area contributed by atoms with E-state index in [4.69, 9.17) is 14.1 Å². The fourth-order valence-corrected chi connectivity index (χ4v) is 5.61. The highest BCUT2D eigenvalue weighted by molar-refractivity contribution is 5.96. The van der Waals surface area contributed by atoms with Crippen molar-refractivity contribution in [2.45, 2.75) is 50.5 Å². The number of carbonyl (C=O) groups is 2. The summed E-state index contributed by atoms with van der Waals surface area (Å²) in [6, 6.07) is 11.9. The molecule has 1 amide bonds. The molecule has 39 heavy (non-hydrogen) atoms. The van der Waals surface area contributed by atoms with Gasteiger partial charge in [-0.25, -0.2) is 14.3 Å². The second-order valence-electron chi connectivity index (χ2n) is 9.97. The maximum atomic E-state index is 13.7. The van der Waals surface area contributed by atoms with E-state index in [1.165, 1.54) is 17.7 Å². The minimum atomic E-state index is -0.936. The number of benzene rings is 1. The van der Waals surface area contributed by atoms with E-state index in [2.05, 4.69) is 15.4 Å². The number of para-hydroxylation sites is 1. The van der Waals surface area contributed by atoms with Crippen LogP contribution in [0.1, 0.15) is 59.6 Å². The molecule has 10 nitrogen and oxygen atoms in total. The van der Waals surface area contributed by atoms with Crippen LogP contribution in [0.15, 0.2) is 64.1 Å². The van der Waals surface area contributed by atoms with Crippen LogP contribution in [0.25, 0.3) is 28.0 Å². The SMILES string of the molecule is COC(=O)C(Cc1c[nH]c2ccccc12)NC(=O)c1cc2nc(-c3ccco3)c(C3CCCCC3)c(=O)n2[nH]1. The standard InChI is InChI=1S/C29H29N5O5/c1-38-29(37)22(14-18-16-30-20-11-6-5-10-19(18)20)31-27(35)21-15-24-32-26(23-12-7-13-39-23)25(28(36)34(24)33-21)17-8-3-2-4-9-17/h5-7,10-13,15-17,22,30,33H,2-4,8-9,14H2,1H3,(H,31,35). The van der Waals surface area contributed by atoms with Gasteiger partial charge >= 0.3 is 5.97 Å². The molecule has 4 aromatic heterocycles. The van der Waals surface area contributed by atoms with E-state index in [1.807, 2.05) is 30.5 Å². The number of amides is 1. The summed E-state index contributed by atoms with van der Waals surface area (Å²) in [5, 5.41) is 6.64. The number of hydrogen-bond donors (Lipinski definition) is 3. The molecule has 1 aliphatic rings. The summed E-state index contributed by atoms with van der Waals surface area (Å²) in [7, 11) is 1.28. The lowest BCUT2D eigenvalue weighted by Crippen LogP contribution is -2.43. The molecule has 1 atom stereocenters. The zero-order valence-electron chi connectivity index (χ0n) is 21.5. The molecule has 0 saturated heterocycles. The topological polar surface area (TPSA) is 134 Å². The lowest BCUT2D eigenvalue weighted by atomic mass is 9.83. The van der Waals surface area contributed by atoms with Crippen molar-refractivity contribution < 1.29 is 18.7 Å². The van der Waals surface area contributed by atoms with Crippen molar-refractivity contribution in [1.29, 1.82) is 0 Å². The largest absolute Gasteiger partial charge is 0.467 e. The number of aromatic amines is 2. The third-order valence-electron chi connectivity index (χ3n) is 7.55. The second-order valence-corrected chi connectivity index (χ2v) is 9.97. The van der Waals surface area contributed by atoms with Crippen LogP contribution in [0.4, 0.5) is 0 Å². The maximum Gasteiger partial charge on any atom is 0.328 e. The number of aromatic nitrogens is 4. The molecule has 1 aliphatic carbocycles. The molecule has 4 heterocycles. The van der Waals surface area contributed by atoms with Gasteiger partial charge in [-0.1, -0.05) is 37.5 Å². The highest BCUT2D eigenvalue weighted by Crippen LogP contribution is 2.35. The quantitative estimate of drug-likeness (QED) is 0.270. The molecule has 6 rings (SSSR count). The number of carbonyl (C=O) groups excluding carboxylic acids is 2. The van der Waals surface area contributed by atoms with Crippen molar-refractivity contribution in [2.75, 3.05) is 7.11 Å². The summed E-state index contributed by atoms with van der Waals surface area (Å²) in [4.78, 5) is 47.6. The van der Waals surface area contributed by atoms with Gasteiger partial charge in [-0.3, -0.25) is 14.7 Å². The number of fused-ring (bicyclic) bond motifs is 2. The lowest BCUT2D eigenvalue weighted by Gasteiger charge is -2.22. The van der Waals surface area contributed by atoms with Crippen LogP contribution in [0.2, 0.25) is 0 Å². The molecule has 3 N–H and O–H groups in total. The summed E-state index contributed by atoms with van der Waals surface area (Å²) >= 11 is 0. The summed E-state index contributed by atoms with van der Waals surface area (Å²) in [5.41, 5.74) is 3.07. The van der Waals surface area contributed by atoms with Crippen LogP contribution >= 0.6 is 0 Å². The van der Waals surface area contributed by atoms with Crippen LogP contribution in [0, 0.1) is 0 Å². The smallest absolute Gasteiger partial charge is 0.328 e. The van der Waals surface area contributed by atoms with E-state index >= 15 is 0 Å². The highest BCUT2D eigenvalue weighted by Gasteiger charge is 2.28. The van der Waals surface area contributed by atoms with Crippen molar-refractivity contribution in [3.8, 4) is 11.5 Å². The zero-order chi connectivity index (χ0) is 26.9. The van der Waals surface area contributed by atoms with E-state index < -0.39 is 17.9 Å². The van der Waals surface area contributed by atoms with E-state index in [0.717, 1.165) is 48.6 Å². The van der Waals surface area contributed by atoms with Crippen LogP contribution in [0.5, 0.6) is 0 Å². The van der Waals surface area contributed by atoms with E-state index in [-0.39, 0.29) is 23.6 Å². The van der Waals surface area contributed by atoms with Gasteiger partial charge in [0.15, 0.2) is 11.4 Å². The number of nitrogens with one attached hydrogen (secondary N) is 3. The monoisotopic (exact) mass is 527 g/mol. The Hall–Kier alpha value is -4.60. The van der Waals surface area contributed by atoms with Crippen molar-refractivity contribution >= 4 is 28.4 Å². The molecule has 1 aromatic carbocycles. The summed E-state index contributed by atoms with van der Waals surface area (Å²) in [6.45, 7) is 0.